The molecule has 8 nitrogen and oxygen atoms in total. The Bertz CT molecular complexity index is 1420. The number of carbonyl (C=O) groups is 3. The number of hydrogen-bond donors (Lipinski definition) is 3. The average Bonchev–Trinajstić information content (AvgIpc) is 3.05. The molecule has 0 spiro atoms. The van der Waals surface area contributed by atoms with Crippen molar-refractivity contribution in [3.8, 4) is 11.5 Å². The maximum absolute atomic E-state index is 13.5. The van der Waals surface area contributed by atoms with Crippen molar-refractivity contribution >= 4 is 52.8 Å². The van der Waals surface area contributed by atoms with Gasteiger partial charge in [-0.05, 0) is 69.1 Å². The van der Waals surface area contributed by atoms with Crippen LogP contribution in [-0.4, -0.2) is 62.8 Å². The SMILES string of the molecule is COO[C]C(CS[C@H](CC=C(C)C)C1=CC(=O)c2c(O)ccc(O)c2C1=O)NC(=O)CCCCC1CCSC(c2ccccc2)S1. The Morgan fingerprint density at radius 2 is 1.85 bits per heavy atom. The fourth-order valence-corrected chi connectivity index (χ4v) is 9.88. The van der Waals surface area contributed by atoms with Crippen LogP contribution >= 0.6 is 35.3 Å². The number of nitrogens with one attached hydrogen (secondary N) is 1. The Labute approximate surface area is 284 Å². The Hall–Kier alpha value is -2.70. The molecule has 4 atom stereocenters. The van der Waals surface area contributed by atoms with Gasteiger partial charge < -0.3 is 15.5 Å². The van der Waals surface area contributed by atoms with E-state index in [1.54, 1.807) is 0 Å². The molecule has 2 aliphatic rings. The lowest BCUT2D eigenvalue weighted by molar-refractivity contribution is -0.246. The molecule has 0 bridgehead atoms. The molecule has 3 N–H and O–H groups in total. The first-order valence-electron chi connectivity index (χ1n) is 15.3. The highest BCUT2D eigenvalue weighted by Crippen LogP contribution is 2.48. The lowest BCUT2D eigenvalue weighted by Gasteiger charge is -2.28. The maximum Gasteiger partial charge on any atom is 0.220 e. The summed E-state index contributed by atoms with van der Waals surface area (Å²) in [5.74, 6) is -0.493. The van der Waals surface area contributed by atoms with E-state index in [9.17, 15) is 24.6 Å². The molecule has 11 heteroatoms. The van der Waals surface area contributed by atoms with E-state index in [4.69, 9.17) is 9.78 Å². The first-order chi connectivity index (χ1) is 22.2. The Morgan fingerprint density at radius 1 is 1.11 bits per heavy atom. The van der Waals surface area contributed by atoms with Gasteiger partial charge >= 0.3 is 0 Å². The number of Topliss-reactive ketones (excluding diaryl/α,β-unsaturated/α-hetero) is 1. The summed E-state index contributed by atoms with van der Waals surface area (Å²) in [6.07, 6.45) is 7.95. The summed E-state index contributed by atoms with van der Waals surface area (Å²) in [4.78, 5) is 49.1. The van der Waals surface area contributed by atoms with E-state index >= 15 is 0 Å². The molecule has 1 aliphatic carbocycles. The second-order valence-electron chi connectivity index (χ2n) is 11.4. The molecular formula is C35H41NO7S3. The fourth-order valence-electron chi connectivity index (χ4n) is 5.28. The van der Waals surface area contributed by atoms with E-state index in [1.165, 1.54) is 49.1 Å². The van der Waals surface area contributed by atoms with Crippen molar-refractivity contribution in [3.63, 3.8) is 0 Å². The number of unbranched alkanes of at least 4 members (excludes halogenated alkanes) is 1. The van der Waals surface area contributed by atoms with E-state index in [0.717, 1.165) is 30.6 Å². The number of thioether (sulfide) groups is 3. The van der Waals surface area contributed by atoms with Gasteiger partial charge in [-0.15, -0.1) is 23.5 Å². The molecule has 2 aromatic rings. The molecule has 1 fully saturated rings. The summed E-state index contributed by atoms with van der Waals surface area (Å²) in [6, 6.07) is 12.3. The Morgan fingerprint density at radius 3 is 2.57 bits per heavy atom. The highest BCUT2D eigenvalue weighted by Gasteiger charge is 2.35. The number of amides is 1. The Kier molecular flexibility index (Phi) is 14.1. The molecular weight excluding hydrogens is 643 g/mol. The van der Waals surface area contributed by atoms with Crippen LogP contribution in [0.5, 0.6) is 11.5 Å². The van der Waals surface area contributed by atoms with E-state index in [-0.39, 0.29) is 39.9 Å². The first kappa shape index (κ1) is 36.1. The number of carbonyl (C=O) groups excluding carboxylic acids is 3. The molecule has 2 radical (unpaired) electrons. The van der Waals surface area contributed by atoms with Gasteiger partial charge in [0.1, 0.15) is 11.5 Å². The summed E-state index contributed by atoms with van der Waals surface area (Å²) >= 11 is 5.39. The topological polar surface area (TPSA) is 122 Å². The predicted octanol–water partition coefficient (Wildman–Crippen LogP) is 7.46. The number of aromatic hydroxyl groups is 2. The van der Waals surface area contributed by atoms with Crippen LogP contribution in [-0.2, 0) is 14.6 Å². The molecule has 246 valence electrons. The van der Waals surface area contributed by atoms with Crippen molar-refractivity contribution in [2.45, 2.75) is 73.5 Å². The standard InChI is InChI=1S/C35H41NO7S3/c1-22(2)13-16-30(26-19-29(39)32-27(37)14-15-28(38)33(32)34(26)41)45-21-24(20-43-42-3)36-31(40)12-8-7-11-25-17-18-44-35(46-25)23-9-5-4-6-10-23/h4-6,9-10,13-15,19,24-25,30,35,37-38H,7-8,11-12,16-18,21H2,1-3H3,(H,36,40)/t24?,25?,30-,35?/m1/s1. The molecule has 46 heavy (non-hydrogen) atoms. The number of phenols is 2. The normalized spacial score (nSPS) is 19.2. The van der Waals surface area contributed by atoms with Crippen molar-refractivity contribution in [1.82, 2.24) is 5.32 Å². The summed E-state index contributed by atoms with van der Waals surface area (Å²) in [6.45, 7) is 6.57. The minimum Gasteiger partial charge on any atom is -0.507 e. The van der Waals surface area contributed by atoms with Gasteiger partial charge in [0, 0.05) is 28.2 Å². The van der Waals surface area contributed by atoms with Crippen LogP contribution in [0.3, 0.4) is 0 Å². The number of fused-ring (bicyclic) bond motifs is 1. The van der Waals surface area contributed by atoms with Crippen LogP contribution < -0.4 is 5.32 Å². The quantitative estimate of drug-likeness (QED) is 0.0540. The van der Waals surface area contributed by atoms with Crippen LogP contribution in [0.25, 0.3) is 0 Å². The Balaban J connectivity index is 1.32. The summed E-state index contributed by atoms with van der Waals surface area (Å²) in [5.41, 5.74) is 2.21. The maximum atomic E-state index is 13.5. The number of rotatable bonds is 16. The zero-order valence-corrected chi connectivity index (χ0v) is 28.8. The van der Waals surface area contributed by atoms with Crippen molar-refractivity contribution < 1.29 is 34.4 Å². The van der Waals surface area contributed by atoms with Gasteiger partial charge in [-0.1, -0.05) is 48.4 Å². The van der Waals surface area contributed by atoms with Crippen molar-refractivity contribution in [2.75, 3.05) is 18.6 Å². The van der Waals surface area contributed by atoms with Gasteiger partial charge in [-0.25, -0.2) is 9.78 Å². The number of allylic oxidation sites excluding steroid dienone is 3. The molecule has 3 unspecified atom stereocenters. The third kappa shape index (κ3) is 10.1. The van der Waals surface area contributed by atoms with Gasteiger partial charge in [0.2, 0.25) is 5.91 Å². The largest absolute Gasteiger partial charge is 0.507 e. The van der Waals surface area contributed by atoms with E-state index in [0.29, 0.717) is 22.7 Å². The summed E-state index contributed by atoms with van der Waals surface area (Å²) in [7, 11) is 1.34. The number of benzene rings is 2. The smallest absolute Gasteiger partial charge is 0.220 e. The predicted molar refractivity (Wildman–Crippen MR) is 186 cm³/mol. The molecule has 1 aliphatic heterocycles. The number of ketones is 2. The van der Waals surface area contributed by atoms with Gasteiger partial charge in [-0.2, -0.15) is 11.8 Å². The third-order valence-corrected chi connectivity index (χ3v) is 12.2. The van der Waals surface area contributed by atoms with E-state index in [1.807, 2.05) is 49.5 Å². The van der Waals surface area contributed by atoms with Gasteiger partial charge in [0.25, 0.3) is 0 Å². The molecule has 4 rings (SSSR count). The zero-order chi connectivity index (χ0) is 33.1. The van der Waals surface area contributed by atoms with Gasteiger partial charge in [0.05, 0.1) is 28.9 Å². The second kappa shape index (κ2) is 18.0. The van der Waals surface area contributed by atoms with Gasteiger partial charge in [0.15, 0.2) is 18.2 Å². The van der Waals surface area contributed by atoms with Crippen LogP contribution in [0, 0.1) is 6.61 Å². The molecule has 1 amide bonds. The van der Waals surface area contributed by atoms with Crippen LogP contribution in [0.2, 0.25) is 0 Å². The third-order valence-electron chi connectivity index (χ3n) is 7.62. The first-order valence-corrected chi connectivity index (χ1v) is 18.4. The van der Waals surface area contributed by atoms with Crippen LogP contribution in [0.15, 0.2) is 65.8 Å². The summed E-state index contributed by atoms with van der Waals surface area (Å²) in [5, 5.41) is 23.7. The lowest BCUT2D eigenvalue weighted by Crippen LogP contribution is -2.38. The van der Waals surface area contributed by atoms with Crippen molar-refractivity contribution in [3.05, 3.63) is 89.1 Å². The van der Waals surface area contributed by atoms with Gasteiger partial charge in [-0.3, -0.25) is 14.4 Å². The van der Waals surface area contributed by atoms with Crippen molar-refractivity contribution in [2.24, 2.45) is 0 Å². The van der Waals surface area contributed by atoms with Crippen LogP contribution in [0.1, 0.15) is 83.2 Å². The van der Waals surface area contributed by atoms with Crippen LogP contribution in [0.4, 0.5) is 0 Å². The molecule has 2 aromatic carbocycles. The number of hydrogen-bond acceptors (Lipinski definition) is 10. The average molecular weight is 684 g/mol. The molecule has 1 heterocycles. The zero-order valence-electron chi connectivity index (χ0n) is 26.3. The fraction of sp³-hybridized carbons (Fsp3) is 0.429. The van der Waals surface area contributed by atoms with E-state index < -0.39 is 22.9 Å². The monoisotopic (exact) mass is 683 g/mol. The minimum absolute atomic E-state index is 0.134. The molecule has 1 saturated heterocycles. The summed E-state index contributed by atoms with van der Waals surface area (Å²) < 4.78 is 0.458. The second-order valence-corrected chi connectivity index (χ2v) is 15.5. The minimum atomic E-state index is -0.649. The number of phenolic OH excluding ortho intramolecular Hbond substituents is 2. The lowest BCUT2D eigenvalue weighted by atomic mass is 9.86. The highest BCUT2D eigenvalue weighted by atomic mass is 32.2. The van der Waals surface area contributed by atoms with E-state index in [2.05, 4.69) is 36.2 Å². The van der Waals surface area contributed by atoms with Crippen molar-refractivity contribution in [1.29, 1.82) is 0 Å². The molecule has 0 aromatic heterocycles. The molecule has 0 saturated carbocycles. The highest BCUT2D eigenvalue weighted by molar-refractivity contribution is 8.17.